The number of carbonyl (C=O) groups is 1. The number of nitrogens with zero attached hydrogens (tertiary/aromatic N) is 5. The number of pyridine rings is 2. The Morgan fingerprint density at radius 1 is 1.23 bits per heavy atom. The Morgan fingerprint density at radius 3 is 2.66 bits per heavy atom. The summed E-state index contributed by atoms with van der Waals surface area (Å²) in [6.07, 6.45) is 7.01. The molecular weight excluding hydrogens is 440 g/mol. The van der Waals surface area contributed by atoms with Crippen LogP contribution in [0.25, 0.3) is 11.4 Å². The van der Waals surface area contributed by atoms with Gasteiger partial charge in [-0.2, -0.15) is 0 Å². The van der Waals surface area contributed by atoms with Gasteiger partial charge in [0.1, 0.15) is 5.82 Å². The number of ether oxygens (including phenoxy) is 1. The number of fused-ring (bicyclic) bond motifs is 1. The minimum atomic E-state index is -0.292. The van der Waals surface area contributed by atoms with Crippen LogP contribution in [0.3, 0.4) is 0 Å². The molecule has 0 unspecified atom stereocenters. The summed E-state index contributed by atoms with van der Waals surface area (Å²) in [5.74, 6) is 1.89. The minimum Gasteiger partial charge on any atom is -0.481 e. The van der Waals surface area contributed by atoms with Gasteiger partial charge in [0.2, 0.25) is 11.8 Å². The number of anilines is 1. The van der Waals surface area contributed by atoms with Crippen molar-refractivity contribution in [3.8, 4) is 17.3 Å². The van der Waals surface area contributed by atoms with E-state index in [0.717, 1.165) is 46.6 Å². The van der Waals surface area contributed by atoms with E-state index in [-0.39, 0.29) is 17.4 Å². The van der Waals surface area contributed by atoms with E-state index in [0.29, 0.717) is 24.8 Å². The van der Waals surface area contributed by atoms with Crippen molar-refractivity contribution in [1.29, 1.82) is 0 Å². The molecule has 4 rings (SSSR count). The second-order valence-corrected chi connectivity index (χ2v) is 9.54. The molecule has 1 aliphatic heterocycles. The summed E-state index contributed by atoms with van der Waals surface area (Å²) >= 11 is 0. The first-order valence-electron chi connectivity index (χ1n) is 12.1. The largest absolute Gasteiger partial charge is 0.481 e. The molecule has 0 aromatic carbocycles. The third-order valence-corrected chi connectivity index (χ3v) is 6.86. The molecule has 8 nitrogen and oxygen atoms in total. The van der Waals surface area contributed by atoms with Crippen molar-refractivity contribution in [2.75, 3.05) is 25.5 Å². The molecule has 0 bridgehead atoms. The lowest BCUT2D eigenvalue weighted by Crippen LogP contribution is -2.51. The maximum absolute atomic E-state index is 13.6. The molecule has 1 N–H and O–H groups in total. The first kappa shape index (κ1) is 24.6. The maximum atomic E-state index is 13.6. The number of hydrogen-bond acceptors (Lipinski definition) is 7. The second kappa shape index (κ2) is 9.98. The first-order valence-corrected chi connectivity index (χ1v) is 12.1. The highest BCUT2D eigenvalue weighted by Gasteiger charge is 2.35. The van der Waals surface area contributed by atoms with Crippen molar-refractivity contribution in [3.63, 3.8) is 0 Å². The molecule has 3 aromatic rings. The quantitative estimate of drug-likeness (QED) is 0.545. The molecule has 0 aliphatic carbocycles. The summed E-state index contributed by atoms with van der Waals surface area (Å²) < 4.78 is 5.28. The molecule has 0 saturated carbocycles. The average molecular weight is 475 g/mol. The van der Waals surface area contributed by atoms with Gasteiger partial charge in [0, 0.05) is 43.3 Å². The molecule has 184 valence electrons. The van der Waals surface area contributed by atoms with Crippen molar-refractivity contribution >= 4 is 11.7 Å². The topological polar surface area (TPSA) is 93.1 Å². The van der Waals surface area contributed by atoms with E-state index in [1.54, 1.807) is 25.7 Å². The van der Waals surface area contributed by atoms with Crippen molar-refractivity contribution < 1.29 is 9.53 Å². The van der Waals surface area contributed by atoms with Crippen molar-refractivity contribution in [1.82, 2.24) is 24.8 Å². The fourth-order valence-electron chi connectivity index (χ4n) is 4.76. The Morgan fingerprint density at radius 2 is 1.97 bits per heavy atom. The smallest absolute Gasteiger partial charge is 0.229 e. The van der Waals surface area contributed by atoms with Crippen LogP contribution in [-0.2, 0) is 11.2 Å². The van der Waals surface area contributed by atoms with E-state index in [1.807, 2.05) is 44.7 Å². The summed E-state index contributed by atoms with van der Waals surface area (Å²) in [7, 11) is 1.59. The van der Waals surface area contributed by atoms with Crippen molar-refractivity contribution in [2.24, 2.45) is 0 Å². The van der Waals surface area contributed by atoms with Crippen LogP contribution in [0.5, 0.6) is 5.88 Å². The number of carbonyl (C=O) groups excluding carboxylic acids is 1. The lowest BCUT2D eigenvalue weighted by Gasteiger charge is -2.40. The van der Waals surface area contributed by atoms with Crippen LogP contribution in [0.1, 0.15) is 55.5 Å². The average Bonchev–Trinajstić information content (AvgIpc) is 2.87. The van der Waals surface area contributed by atoms with Gasteiger partial charge in [-0.15, -0.1) is 0 Å². The molecule has 8 heteroatoms. The van der Waals surface area contributed by atoms with Gasteiger partial charge in [-0.3, -0.25) is 4.79 Å². The standard InChI is InChI=1S/C27H34N6O2/c1-7-33(26(34)18(3)21-14-23(35-6)30-15-17(21)2)16-27(5)10-9-20-13-22(19(4)31-24(20)32-27)25-28-11-8-12-29-25/h8,11-15,18H,7,9-10,16H2,1-6H3,(H,31,32)/t18-,27-/m1/s1. The predicted octanol–water partition coefficient (Wildman–Crippen LogP) is 4.33. The Labute approximate surface area is 207 Å². The zero-order chi connectivity index (χ0) is 25.2. The Hall–Kier alpha value is -3.55. The van der Waals surface area contributed by atoms with Crippen LogP contribution >= 0.6 is 0 Å². The number of nitrogens with one attached hydrogen (secondary N) is 1. The summed E-state index contributed by atoms with van der Waals surface area (Å²) in [4.78, 5) is 33.4. The van der Waals surface area contributed by atoms with Crippen LogP contribution in [-0.4, -0.2) is 56.5 Å². The molecule has 0 spiro atoms. The van der Waals surface area contributed by atoms with Crippen LogP contribution < -0.4 is 10.1 Å². The summed E-state index contributed by atoms with van der Waals surface area (Å²) in [5, 5.41) is 3.65. The number of aryl methyl sites for hydroxylation is 3. The monoisotopic (exact) mass is 474 g/mol. The van der Waals surface area contributed by atoms with E-state index >= 15 is 0 Å². The van der Waals surface area contributed by atoms with Gasteiger partial charge in [0.15, 0.2) is 5.82 Å². The summed E-state index contributed by atoms with van der Waals surface area (Å²) in [5.41, 5.74) is 4.63. The molecule has 1 amide bonds. The molecule has 0 fully saturated rings. The van der Waals surface area contributed by atoms with Gasteiger partial charge in [0.25, 0.3) is 0 Å². The van der Waals surface area contributed by atoms with Crippen molar-refractivity contribution in [2.45, 2.75) is 58.9 Å². The number of aromatic nitrogens is 4. The fraction of sp³-hybridized carbons (Fsp3) is 0.444. The first-order chi connectivity index (χ1) is 16.7. The zero-order valence-electron chi connectivity index (χ0n) is 21.4. The van der Waals surface area contributed by atoms with Crippen LogP contribution in [0.2, 0.25) is 0 Å². The third kappa shape index (κ3) is 5.11. The fourth-order valence-corrected chi connectivity index (χ4v) is 4.76. The van der Waals surface area contributed by atoms with Gasteiger partial charge in [-0.05, 0) is 76.3 Å². The van der Waals surface area contributed by atoms with Crippen LogP contribution in [0.15, 0.2) is 36.8 Å². The van der Waals surface area contributed by atoms with E-state index in [2.05, 4.69) is 33.3 Å². The molecule has 3 aromatic heterocycles. The zero-order valence-corrected chi connectivity index (χ0v) is 21.4. The molecule has 1 aliphatic rings. The maximum Gasteiger partial charge on any atom is 0.229 e. The Balaban J connectivity index is 1.53. The SMILES string of the molecule is CCN(C[C@@]1(C)CCc2cc(-c3ncccn3)c(C)nc2N1)C(=O)[C@H](C)c1cc(OC)ncc1C. The molecule has 35 heavy (non-hydrogen) atoms. The summed E-state index contributed by atoms with van der Waals surface area (Å²) in [6, 6.07) is 5.82. The highest BCUT2D eigenvalue weighted by Crippen LogP contribution is 2.34. The third-order valence-electron chi connectivity index (χ3n) is 6.86. The van der Waals surface area contributed by atoms with Gasteiger partial charge in [-0.1, -0.05) is 0 Å². The highest BCUT2D eigenvalue weighted by molar-refractivity contribution is 5.84. The minimum absolute atomic E-state index is 0.0957. The number of rotatable bonds is 7. The Bertz CT molecular complexity index is 1220. The molecule has 2 atom stereocenters. The van der Waals surface area contributed by atoms with Crippen LogP contribution in [0.4, 0.5) is 5.82 Å². The predicted molar refractivity (Wildman–Crippen MR) is 137 cm³/mol. The summed E-state index contributed by atoms with van der Waals surface area (Å²) in [6.45, 7) is 11.3. The van der Waals surface area contributed by atoms with Gasteiger partial charge < -0.3 is 15.0 Å². The van der Waals surface area contributed by atoms with E-state index in [1.165, 1.54) is 0 Å². The number of methoxy groups -OCH3 is 1. The molecule has 4 heterocycles. The second-order valence-electron chi connectivity index (χ2n) is 9.54. The van der Waals surface area contributed by atoms with E-state index in [9.17, 15) is 4.79 Å². The van der Waals surface area contributed by atoms with Crippen LogP contribution in [0, 0.1) is 13.8 Å². The normalized spacial score (nSPS) is 17.8. The molecular formula is C27H34N6O2. The lowest BCUT2D eigenvalue weighted by molar-refractivity contribution is -0.133. The van der Waals surface area contributed by atoms with Gasteiger partial charge >= 0.3 is 0 Å². The lowest BCUT2D eigenvalue weighted by atomic mass is 9.87. The number of likely N-dealkylation sites (N-methyl/N-ethyl adjacent to an activating group) is 1. The van der Waals surface area contributed by atoms with Crippen molar-refractivity contribution in [3.05, 3.63) is 59.2 Å². The molecule has 0 saturated heterocycles. The number of amides is 1. The van der Waals surface area contributed by atoms with E-state index < -0.39 is 0 Å². The van der Waals surface area contributed by atoms with Gasteiger partial charge in [-0.25, -0.2) is 19.9 Å². The van der Waals surface area contributed by atoms with E-state index in [4.69, 9.17) is 9.72 Å². The Kier molecular flexibility index (Phi) is 7.00. The van der Waals surface area contributed by atoms with Gasteiger partial charge in [0.05, 0.1) is 24.3 Å². The highest BCUT2D eigenvalue weighted by atomic mass is 16.5. The number of hydrogen-bond donors (Lipinski definition) is 1. The molecule has 0 radical (unpaired) electrons.